The average Bonchev–Trinajstić information content (AvgIpc) is 3.10. The predicted molar refractivity (Wildman–Crippen MR) is 96.5 cm³/mol. The van der Waals surface area contributed by atoms with E-state index in [1.54, 1.807) is 7.11 Å². The van der Waals surface area contributed by atoms with Gasteiger partial charge >= 0.3 is 0 Å². The van der Waals surface area contributed by atoms with Gasteiger partial charge in [-0.2, -0.15) is 0 Å². The van der Waals surface area contributed by atoms with Gasteiger partial charge in [0.25, 0.3) is 0 Å². The van der Waals surface area contributed by atoms with E-state index in [1.807, 2.05) is 30.3 Å². The molecule has 0 saturated carbocycles. The van der Waals surface area contributed by atoms with Crippen LogP contribution in [0.3, 0.4) is 0 Å². The number of methoxy groups -OCH3 is 1. The first-order valence-corrected chi connectivity index (χ1v) is 8.45. The lowest BCUT2D eigenvalue weighted by Gasteiger charge is -2.18. The van der Waals surface area contributed by atoms with Crippen LogP contribution in [0, 0.1) is 5.92 Å². The minimum Gasteiger partial charge on any atom is -0.496 e. The number of carbonyl (C=O) groups is 1. The number of ether oxygens (including phenoxy) is 1. The van der Waals surface area contributed by atoms with Gasteiger partial charge in [0.2, 0.25) is 5.91 Å². The molecule has 2 aromatic carbocycles. The van der Waals surface area contributed by atoms with Crippen molar-refractivity contribution in [3.05, 3.63) is 60.2 Å². The third kappa shape index (κ3) is 4.07. The quantitative estimate of drug-likeness (QED) is 0.888. The van der Waals surface area contributed by atoms with Crippen molar-refractivity contribution in [1.82, 2.24) is 5.32 Å². The fraction of sp³-hybridized carbons (Fsp3) is 0.350. The summed E-state index contributed by atoms with van der Waals surface area (Å²) in [6, 6.07) is 18.1. The highest BCUT2D eigenvalue weighted by Crippen LogP contribution is 2.23. The van der Waals surface area contributed by atoms with Crippen LogP contribution in [0.5, 0.6) is 5.75 Å². The second kappa shape index (κ2) is 7.86. The summed E-state index contributed by atoms with van der Waals surface area (Å²) in [5.74, 6) is 1.33. The zero-order chi connectivity index (χ0) is 16.8. The Kier molecular flexibility index (Phi) is 5.36. The van der Waals surface area contributed by atoms with Gasteiger partial charge in [0.1, 0.15) is 5.75 Å². The van der Waals surface area contributed by atoms with Crippen molar-refractivity contribution >= 4 is 11.6 Å². The Balaban J connectivity index is 1.47. The molecule has 1 aliphatic heterocycles. The summed E-state index contributed by atoms with van der Waals surface area (Å²) < 4.78 is 5.30. The average molecular weight is 324 g/mol. The highest BCUT2D eigenvalue weighted by Gasteiger charge is 2.23. The molecule has 4 heteroatoms. The molecule has 0 aromatic heterocycles. The molecule has 0 radical (unpaired) electrons. The third-order valence-corrected chi connectivity index (χ3v) is 4.54. The number of benzene rings is 2. The van der Waals surface area contributed by atoms with Crippen molar-refractivity contribution in [1.29, 1.82) is 0 Å². The number of rotatable bonds is 6. The van der Waals surface area contributed by atoms with Crippen molar-refractivity contribution < 1.29 is 9.53 Å². The standard InChI is InChI=1S/C20H24N2O2/c1-24-19-10-6-5-7-17(19)13-20(23)21-14-16-11-12-22(15-16)18-8-3-2-4-9-18/h2-10,16H,11-15H2,1H3,(H,21,23). The van der Waals surface area contributed by atoms with E-state index < -0.39 is 0 Å². The molecular weight excluding hydrogens is 300 g/mol. The van der Waals surface area contributed by atoms with Gasteiger partial charge in [-0.25, -0.2) is 0 Å². The van der Waals surface area contributed by atoms with Gasteiger partial charge in [-0.15, -0.1) is 0 Å². The van der Waals surface area contributed by atoms with Gasteiger partial charge in [-0.1, -0.05) is 36.4 Å². The molecule has 126 valence electrons. The number of hydrogen-bond acceptors (Lipinski definition) is 3. The normalized spacial score (nSPS) is 16.9. The lowest BCUT2D eigenvalue weighted by Crippen LogP contribution is -2.32. The third-order valence-electron chi connectivity index (χ3n) is 4.54. The summed E-state index contributed by atoms with van der Waals surface area (Å²) in [4.78, 5) is 14.6. The first-order chi connectivity index (χ1) is 11.8. The number of carbonyl (C=O) groups excluding carboxylic acids is 1. The largest absolute Gasteiger partial charge is 0.496 e. The molecule has 0 spiro atoms. The molecule has 1 saturated heterocycles. The molecule has 0 bridgehead atoms. The van der Waals surface area contributed by atoms with Crippen LogP contribution in [0.25, 0.3) is 0 Å². The monoisotopic (exact) mass is 324 g/mol. The van der Waals surface area contributed by atoms with E-state index in [0.29, 0.717) is 12.3 Å². The molecule has 3 rings (SSSR count). The molecule has 2 aromatic rings. The summed E-state index contributed by atoms with van der Waals surface area (Å²) in [6.45, 7) is 2.79. The zero-order valence-corrected chi connectivity index (χ0v) is 14.1. The SMILES string of the molecule is COc1ccccc1CC(=O)NCC1CCN(c2ccccc2)C1. The summed E-state index contributed by atoms with van der Waals surface area (Å²) in [7, 11) is 1.63. The van der Waals surface area contributed by atoms with Crippen LogP contribution >= 0.6 is 0 Å². The highest BCUT2D eigenvalue weighted by atomic mass is 16.5. The molecule has 1 aliphatic rings. The van der Waals surface area contributed by atoms with Gasteiger partial charge in [0.05, 0.1) is 13.5 Å². The van der Waals surface area contributed by atoms with E-state index >= 15 is 0 Å². The number of amides is 1. The zero-order valence-electron chi connectivity index (χ0n) is 14.1. The number of hydrogen-bond donors (Lipinski definition) is 1. The summed E-state index contributed by atoms with van der Waals surface area (Å²) in [6.07, 6.45) is 1.48. The first-order valence-electron chi connectivity index (χ1n) is 8.45. The lowest BCUT2D eigenvalue weighted by atomic mass is 10.1. The molecular formula is C20H24N2O2. The summed E-state index contributed by atoms with van der Waals surface area (Å²) >= 11 is 0. The van der Waals surface area contributed by atoms with Crippen LogP contribution < -0.4 is 15.0 Å². The maximum atomic E-state index is 12.2. The molecule has 1 unspecified atom stereocenters. The molecule has 24 heavy (non-hydrogen) atoms. The molecule has 1 heterocycles. The topological polar surface area (TPSA) is 41.6 Å². The number of para-hydroxylation sites is 2. The molecule has 1 fully saturated rings. The van der Waals surface area contributed by atoms with Crippen LogP contribution in [0.1, 0.15) is 12.0 Å². The Morgan fingerprint density at radius 3 is 2.71 bits per heavy atom. The van der Waals surface area contributed by atoms with E-state index in [2.05, 4.69) is 34.5 Å². The van der Waals surface area contributed by atoms with Crippen molar-refractivity contribution in [3.8, 4) is 5.75 Å². The minimum absolute atomic E-state index is 0.0534. The van der Waals surface area contributed by atoms with Gasteiger partial charge in [-0.3, -0.25) is 4.79 Å². The molecule has 4 nitrogen and oxygen atoms in total. The molecule has 0 aliphatic carbocycles. The Morgan fingerprint density at radius 1 is 1.17 bits per heavy atom. The van der Waals surface area contributed by atoms with Crippen LogP contribution in [0.15, 0.2) is 54.6 Å². The van der Waals surface area contributed by atoms with E-state index in [9.17, 15) is 4.79 Å². The van der Waals surface area contributed by atoms with Crippen molar-refractivity contribution in [2.45, 2.75) is 12.8 Å². The summed E-state index contributed by atoms with van der Waals surface area (Å²) in [5.41, 5.74) is 2.19. The second-order valence-electron chi connectivity index (χ2n) is 6.23. The van der Waals surface area contributed by atoms with Gasteiger partial charge in [-0.05, 0) is 30.5 Å². The van der Waals surface area contributed by atoms with Crippen molar-refractivity contribution in [2.24, 2.45) is 5.92 Å². The predicted octanol–water partition coefficient (Wildman–Crippen LogP) is 2.88. The van der Waals surface area contributed by atoms with E-state index in [1.165, 1.54) is 5.69 Å². The van der Waals surface area contributed by atoms with Gasteiger partial charge < -0.3 is 15.0 Å². The Morgan fingerprint density at radius 2 is 1.92 bits per heavy atom. The molecule has 1 amide bonds. The Labute approximate surface area is 143 Å². The lowest BCUT2D eigenvalue weighted by molar-refractivity contribution is -0.120. The van der Waals surface area contributed by atoms with E-state index in [0.717, 1.165) is 37.4 Å². The van der Waals surface area contributed by atoms with Crippen LogP contribution in [0.2, 0.25) is 0 Å². The second-order valence-corrected chi connectivity index (χ2v) is 6.23. The fourth-order valence-corrected chi connectivity index (χ4v) is 3.22. The summed E-state index contributed by atoms with van der Waals surface area (Å²) in [5, 5.41) is 3.08. The van der Waals surface area contributed by atoms with Crippen LogP contribution in [-0.4, -0.2) is 32.7 Å². The Hall–Kier alpha value is -2.49. The fourth-order valence-electron chi connectivity index (χ4n) is 3.22. The van der Waals surface area contributed by atoms with Crippen LogP contribution in [-0.2, 0) is 11.2 Å². The van der Waals surface area contributed by atoms with E-state index in [-0.39, 0.29) is 5.91 Å². The highest BCUT2D eigenvalue weighted by molar-refractivity contribution is 5.79. The van der Waals surface area contributed by atoms with E-state index in [4.69, 9.17) is 4.74 Å². The maximum absolute atomic E-state index is 12.2. The minimum atomic E-state index is 0.0534. The number of anilines is 1. The smallest absolute Gasteiger partial charge is 0.224 e. The van der Waals surface area contributed by atoms with Crippen molar-refractivity contribution in [2.75, 3.05) is 31.6 Å². The van der Waals surface area contributed by atoms with Crippen molar-refractivity contribution in [3.63, 3.8) is 0 Å². The maximum Gasteiger partial charge on any atom is 0.224 e. The number of nitrogens with one attached hydrogen (secondary N) is 1. The van der Waals surface area contributed by atoms with Gasteiger partial charge in [0, 0.05) is 30.9 Å². The molecule has 1 atom stereocenters. The number of nitrogens with zero attached hydrogens (tertiary/aromatic N) is 1. The molecule has 1 N–H and O–H groups in total. The first kappa shape index (κ1) is 16.4. The van der Waals surface area contributed by atoms with Gasteiger partial charge in [0.15, 0.2) is 0 Å². The van der Waals surface area contributed by atoms with Crippen LogP contribution in [0.4, 0.5) is 5.69 Å². The Bertz CT molecular complexity index is 672.